The van der Waals surface area contributed by atoms with Crippen LogP contribution in [0.15, 0.2) is 0 Å². The maximum atomic E-state index is 11.3. The number of amides is 1. The standard InChI is InChI=1S/C24H41NO2.C5H15N3/c1-15(4-9-22(25)27)19-7-8-20-18-6-5-16-14-17(26)10-12-23(16,2)21(18)11-13-24(19,20)3;1-5(6-2,7-3)8-4/h15-21,26H,4-14H2,1-3H3,(H2,25,27);6-8H,1-4H3/t15-,16?,17-,18?,19-,20?,21?,23+,24-;/m1./s1. The molecule has 4 aliphatic carbocycles. The first kappa shape index (κ1) is 28.9. The van der Waals surface area contributed by atoms with Crippen LogP contribution in [0.25, 0.3) is 0 Å². The van der Waals surface area contributed by atoms with Crippen molar-refractivity contribution in [1.82, 2.24) is 16.0 Å². The Labute approximate surface area is 215 Å². The third-order valence-electron chi connectivity index (χ3n) is 11.7. The van der Waals surface area contributed by atoms with Gasteiger partial charge in [-0.3, -0.25) is 20.7 Å². The molecule has 4 fully saturated rings. The van der Waals surface area contributed by atoms with E-state index in [1.807, 2.05) is 28.1 Å². The molecule has 0 aliphatic heterocycles. The summed E-state index contributed by atoms with van der Waals surface area (Å²) in [5.74, 6) is 4.51. The summed E-state index contributed by atoms with van der Waals surface area (Å²) in [6.45, 7) is 9.55. The minimum atomic E-state index is -0.143. The normalized spacial score (nSPS) is 41.6. The minimum Gasteiger partial charge on any atom is -0.393 e. The number of aliphatic hydroxyl groups excluding tert-OH is 1. The molecule has 0 heterocycles. The predicted octanol–water partition coefficient (Wildman–Crippen LogP) is 4.23. The van der Waals surface area contributed by atoms with E-state index in [-0.39, 0.29) is 17.8 Å². The van der Waals surface area contributed by atoms with Gasteiger partial charge in [0.15, 0.2) is 0 Å². The molecule has 6 nitrogen and oxygen atoms in total. The minimum absolute atomic E-state index is 0.0459. The number of nitrogens with one attached hydrogen (secondary N) is 3. The molecular formula is C29H56N4O2. The van der Waals surface area contributed by atoms with Crippen molar-refractivity contribution in [3.8, 4) is 0 Å². The van der Waals surface area contributed by atoms with Crippen molar-refractivity contribution in [3.05, 3.63) is 0 Å². The molecule has 0 aromatic carbocycles. The fourth-order valence-corrected chi connectivity index (χ4v) is 9.16. The van der Waals surface area contributed by atoms with Gasteiger partial charge in [-0.15, -0.1) is 0 Å². The first-order valence-electron chi connectivity index (χ1n) is 14.5. The lowest BCUT2D eigenvalue weighted by molar-refractivity contribution is -0.129. The van der Waals surface area contributed by atoms with E-state index < -0.39 is 0 Å². The van der Waals surface area contributed by atoms with Crippen LogP contribution in [0.2, 0.25) is 0 Å². The van der Waals surface area contributed by atoms with Crippen LogP contribution >= 0.6 is 0 Å². The number of carbonyl (C=O) groups excluding carboxylic acids is 1. The van der Waals surface area contributed by atoms with E-state index in [9.17, 15) is 9.90 Å². The van der Waals surface area contributed by atoms with Gasteiger partial charge in [0.1, 0.15) is 5.79 Å². The molecule has 6 heteroatoms. The second-order valence-corrected chi connectivity index (χ2v) is 13.2. The SMILES string of the molecule is CNC(C)(NC)NC.C[C@H](CCC(N)=O)[C@H]1CCC2C3CCC4C[C@H](O)CC[C@]4(C)C3CC[C@@]21C. The molecule has 35 heavy (non-hydrogen) atoms. The number of carbonyl (C=O) groups is 1. The second kappa shape index (κ2) is 11.4. The number of primary amides is 1. The molecule has 0 radical (unpaired) electrons. The van der Waals surface area contributed by atoms with E-state index in [1.165, 1.54) is 44.9 Å². The Bertz CT molecular complexity index is 705. The van der Waals surface area contributed by atoms with Crippen LogP contribution in [0.4, 0.5) is 0 Å². The van der Waals surface area contributed by atoms with Crippen LogP contribution in [0.1, 0.15) is 98.3 Å². The zero-order valence-corrected chi connectivity index (χ0v) is 23.8. The number of fused-ring (bicyclic) bond motifs is 5. The predicted molar refractivity (Wildman–Crippen MR) is 144 cm³/mol. The number of hydrogen-bond acceptors (Lipinski definition) is 5. The largest absolute Gasteiger partial charge is 0.393 e. The maximum absolute atomic E-state index is 11.3. The zero-order chi connectivity index (χ0) is 26.0. The molecule has 0 aromatic heterocycles. The van der Waals surface area contributed by atoms with E-state index in [0.29, 0.717) is 23.2 Å². The van der Waals surface area contributed by atoms with Crippen LogP contribution in [0, 0.1) is 46.3 Å². The summed E-state index contributed by atoms with van der Waals surface area (Å²) >= 11 is 0. The molecule has 0 saturated heterocycles. The lowest BCUT2D eigenvalue weighted by Gasteiger charge is -2.61. The van der Waals surface area contributed by atoms with Crippen LogP contribution in [-0.2, 0) is 4.79 Å². The highest BCUT2D eigenvalue weighted by molar-refractivity contribution is 5.73. The van der Waals surface area contributed by atoms with Gasteiger partial charge in [0.25, 0.3) is 0 Å². The Balaban J connectivity index is 0.000000371. The van der Waals surface area contributed by atoms with Gasteiger partial charge in [0.05, 0.1) is 6.10 Å². The van der Waals surface area contributed by atoms with Gasteiger partial charge < -0.3 is 10.8 Å². The average molecular weight is 493 g/mol. The van der Waals surface area contributed by atoms with Gasteiger partial charge in [-0.25, -0.2) is 0 Å². The third-order valence-corrected chi connectivity index (χ3v) is 11.7. The fourth-order valence-electron chi connectivity index (χ4n) is 9.16. The maximum Gasteiger partial charge on any atom is 0.217 e. The number of rotatable bonds is 7. The van der Waals surface area contributed by atoms with Crippen LogP contribution in [0.5, 0.6) is 0 Å². The molecule has 0 spiro atoms. The van der Waals surface area contributed by atoms with E-state index in [4.69, 9.17) is 5.73 Å². The van der Waals surface area contributed by atoms with Crippen molar-refractivity contribution < 1.29 is 9.90 Å². The summed E-state index contributed by atoms with van der Waals surface area (Å²) in [5.41, 5.74) is 6.36. The monoisotopic (exact) mass is 492 g/mol. The number of hydrogen-bond donors (Lipinski definition) is 5. The molecule has 4 saturated carbocycles. The lowest BCUT2D eigenvalue weighted by Crippen LogP contribution is -2.60. The molecule has 1 amide bonds. The van der Waals surface area contributed by atoms with Crippen molar-refractivity contribution in [3.63, 3.8) is 0 Å². The van der Waals surface area contributed by atoms with Gasteiger partial charge in [0.2, 0.25) is 5.91 Å². The van der Waals surface area contributed by atoms with E-state index in [1.54, 1.807) is 0 Å². The zero-order valence-electron chi connectivity index (χ0n) is 23.8. The molecule has 0 bridgehead atoms. The third kappa shape index (κ3) is 5.76. The highest BCUT2D eigenvalue weighted by Gasteiger charge is 2.60. The fraction of sp³-hybridized carbons (Fsp3) is 0.966. The molecule has 4 unspecified atom stereocenters. The summed E-state index contributed by atoms with van der Waals surface area (Å²) in [5, 5.41) is 19.4. The Morgan fingerprint density at radius 3 is 2.14 bits per heavy atom. The summed E-state index contributed by atoms with van der Waals surface area (Å²) < 4.78 is 0. The second-order valence-electron chi connectivity index (χ2n) is 13.2. The smallest absolute Gasteiger partial charge is 0.217 e. The van der Waals surface area contributed by atoms with Gasteiger partial charge >= 0.3 is 0 Å². The number of nitrogens with two attached hydrogens (primary N) is 1. The summed E-state index contributed by atoms with van der Waals surface area (Å²) in [6, 6.07) is 0. The Hall–Kier alpha value is -0.690. The average Bonchev–Trinajstić information content (AvgIpc) is 3.20. The first-order valence-corrected chi connectivity index (χ1v) is 14.5. The highest BCUT2D eigenvalue weighted by Crippen LogP contribution is 2.68. The Kier molecular flexibility index (Phi) is 9.38. The van der Waals surface area contributed by atoms with E-state index >= 15 is 0 Å². The lowest BCUT2D eigenvalue weighted by atomic mass is 9.44. The molecule has 9 atom stereocenters. The van der Waals surface area contributed by atoms with Crippen molar-refractivity contribution >= 4 is 5.91 Å². The quantitative estimate of drug-likeness (QED) is 0.343. The Morgan fingerprint density at radius 1 is 0.971 bits per heavy atom. The van der Waals surface area contributed by atoms with Crippen LogP contribution in [0.3, 0.4) is 0 Å². The van der Waals surface area contributed by atoms with Crippen molar-refractivity contribution in [2.75, 3.05) is 21.1 Å². The summed E-state index contributed by atoms with van der Waals surface area (Å²) in [7, 11) is 5.69. The van der Waals surface area contributed by atoms with Gasteiger partial charge in [-0.2, -0.15) is 0 Å². The highest BCUT2D eigenvalue weighted by atomic mass is 16.3. The molecular weight excluding hydrogens is 436 g/mol. The van der Waals surface area contributed by atoms with Crippen LogP contribution in [-0.4, -0.2) is 44.0 Å². The first-order chi connectivity index (χ1) is 16.4. The molecule has 4 aliphatic rings. The number of aliphatic hydroxyl groups is 1. The molecule has 0 aromatic rings. The molecule has 4 rings (SSSR count). The Morgan fingerprint density at radius 2 is 1.57 bits per heavy atom. The van der Waals surface area contributed by atoms with E-state index in [0.717, 1.165) is 48.9 Å². The summed E-state index contributed by atoms with van der Waals surface area (Å²) in [6.07, 6.45) is 13.0. The summed E-state index contributed by atoms with van der Waals surface area (Å²) in [4.78, 5) is 11.3. The van der Waals surface area contributed by atoms with Gasteiger partial charge in [0, 0.05) is 6.42 Å². The van der Waals surface area contributed by atoms with Crippen molar-refractivity contribution in [1.29, 1.82) is 0 Å². The van der Waals surface area contributed by atoms with Gasteiger partial charge in [-0.1, -0.05) is 20.8 Å². The molecule has 204 valence electrons. The molecule has 6 N–H and O–H groups in total. The van der Waals surface area contributed by atoms with E-state index in [2.05, 4.69) is 36.7 Å². The van der Waals surface area contributed by atoms with Crippen molar-refractivity contribution in [2.24, 2.45) is 52.1 Å². The van der Waals surface area contributed by atoms with Gasteiger partial charge in [-0.05, 0) is 139 Å². The topological polar surface area (TPSA) is 99.4 Å². The van der Waals surface area contributed by atoms with Crippen LogP contribution < -0.4 is 21.7 Å². The van der Waals surface area contributed by atoms with Crippen molar-refractivity contribution in [2.45, 2.75) is 110 Å².